The van der Waals surface area contributed by atoms with Gasteiger partial charge in [-0.2, -0.15) is 13.0 Å². The monoisotopic (exact) mass is 674 g/mol. The average Bonchev–Trinajstić information content (AvgIpc) is 3.37. The van der Waals surface area contributed by atoms with E-state index < -0.39 is 10.1 Å². The van der Waals surface area contributed by atoms with Gasteiger partial charge in [0.25, 0.3) is 10.1 Å². The fourth-order valence-corrected chi connectivity index (χ4v) is 7.58. The molecular formula is C40H56N3O4S+. The average molecular weight is 675 g/mol. The van der Waals surface area contributed by atoms with Crippen LogP contribution in [0.25, 0.3) is 0 Å². The van der Waals surface area contributed by atoms with Crippen LogP contribution >= 0.6 is 0 Å². The molecule has 1 amide bonds. The maximum atomic E-state index is 12.3. The molecule has 0 aliphatic carbocycles. The Balaban J connectivity index is 1.44. The summed E-state index contributed by atoms with van der Waals surface area (Å²) in [6.45, 7) is 15.5. The Morgan fingerprint density at radius 1 is 0.896 bits per heavy atom. The number of carbonyl (C=O) groups excluding carboxylic acids is 1. The predicted molar refractivity (Wildman–Crippen MR) is 199 cm³/mol. The van der Waals surface area contributed by atoms with Crippen LogP contribution in [0.2, 0.25) is 0 Å². The molecule has 0 radical (unpaired) electrons. The van der Waals surface area contributed by atoms with E-state index in [1.807, 2.05) is 12.1 Å². The van der Waals surface area contributed by atoms with Crippen LogP contribution in [0.5, 0.6) is 0 Å². The summed E-state index contributed by atoms with van der Waals surface area (Å²) < 4.78 is 34.3. The third kappa shape index (κ3) is 9.35. The summed E-state index contributed by atoms with van der Waals surface area (Å²) in [6.07, 6.45) is 16.6. The number of nitrogens with zero attached hydrogens (tertiary/aromatic N) is 2. The van der Waals surface area contributed by atoms with E-state index in [-0.39, 0.29) is 22.5 Å². The van der Waals surface area contributed by atoms with E-state index >= 15 is 0 Å². The number of para-hydroxylation sites is 2. The molecule has 0 bridgehead atoms. The number of hydrogen-bond acceptors (Lipinski definition) is 4. The topological polar surface area (TPSA) is 89.7 Å². The van der Waals surface area contributed by atoms with Crippen molar-refractivity contribution >= 4 is 33.1 Å². The first-order valence-corrected chi connectivity index (χ1v) is 19.2. The van der Waals surface area contributed by atoms with Crippen LogP contribution < -0.4 is 10.2 Å². The van der Waals surface area contributed by atoms with Crippen molar-refractivity contribution in [3.8, 4) is 0 Å². The number of nitrogens with one attached hydrogen (secondary N) is 1. The van der Waals surface area contributed by atoms with Gasteiger partial charge in [-0.25, -0.2) is 0 Å². The zero-order valence-electron chi connectivity index (χ0n) is 29.8. The minimum atomic E-state index is -4.02. The molecule has 2 aromatic rings. The van der Waals surface area contributed by atoms with Crippen LogP contribution in [0.15, 0.2) is 84.6 Å². The minimum absolute atomic E-state index is 0.145. The van der Waals surface area contributed by atoms with Gasteiger partial charge in [-0.05, 0) is 63.2 Å². The van der Waals surface area contributed by atoms with Crippen molar-refractivity contribution in [3.63, 3.8) is 0 Å². The molecule has 0 saturated carbocycles. The van der Waals surface area contributed by atoms with Crippen molar-refractivity contribution in [2.75, 3.05) is 30.3 Å². The number of allylic oxidation sites excluding steroid dienone is 6. The molecule has 0 atom stereocenters. The maximum absolute atomic E-state index is 12.3. The molecule has 2 aliphatic rings. The molecule has 2 heterocycles. The van der Waals surface area contributed by atoms with Crippen LogP contribution in [-0.2, 0) is 25.7 Å². The molecule has 2 N–H and O–H groups in total. The third-order valence-corrected chi connectivity index (χ3v) is 10.5. The van der Waals surface area contributed by atoms with Gasteiger partial charge in [-0.15, -0.1) is 0 Å². The molecule has 0 unspecified atom stereocenters. The number of benzene rings is 2. The van der Waals surface area contributed by atoms with E-state index in [0.29, 0.717) is 25.3 Å². The Labute approximate surface area is 289 Å². The van der Waals surface area contributed by atoms with Gasteiger partial charge < -0.3 is 10.2 Å². The Hall–Kier alpha value is -3.49. The van der Waals surface area contributed by atoms with Crippen LogP contribution in [-0.4, -0.2) is 54.6 Å². The molecule has 260 valence electrons. The highest BCUT2D eigenvalue weighted by atomic mass is 32.2. The SMILES string of the molecule is CC(C)CCCNC(=O)CCCCCN1/C(=C/C=C/C=C/C2=[N+](CCCS(=O)(=O)O)c3ccccc3C2(C)C)C(C)(C)c2ccccc21. The molecule has 0 spiro atoms. The van der Waals surface area contributed by atoms with E-state index in [0.717, 1.165) is 56.6 Å². The first kappa shape index (κ1) is 37.3. The van der Waals surface area contributed by atoms with Crippen molar-refractivity contribution in [1.82, 2.24) is 5.32 Å². The first-order valence-electron chi connectivity index (χ1n) is 17.6. The van der Waals surface area contributed by atoms with E-state index in [1.54, 1.807) is 0 Å². The Kier molecular flexibility index (Phi) is 12.7. The molecule has 2 aliphatic heterocycles. The fourth-order valence-electron chi connectivity index (χ4n) is 7.09. The number of rotatable bonds is 17. The zero-order chi connectivity index (χ0) is 35.0. The number of carbonyl (C=O) groups is 1. The van der Waals surface area contributed by atoms with Gasteiger partial charge in [0.1, 0.15) is 6.54 Å². The summed E-state index contributed by atoms with van der Waals surface area (Å²) in [5.41, 5.74) is 6.80. The summed E-state index contributed by atoms with van der Waals surface area (Å²) in [5.74, 6) is 0.564. The summed E-state index contributed by atoms with van der Waals surface area (Å²) in [6, 6.07) is 16.9. The second kappa shape index (κ2) is 16.3. The molecular weight excluding hydrogens is 619 g/mol. The van der Waals surface area contributed by atoms with E-state index in [4.69, 9.17) is 0 Å². The van der Waals surface area contributed by atoms with Crippen molar-refractivity contribution in [2.24, 2.45) is 5.92 Å². The van der Waals surface area contributed by atoms with Gasteiger partial charge in [0, 0.05) is 60.4 Å². The van der Waals surface area contributed by atoms with Crippen molar-refractivity contribution in [2.45, 2.75) is 97.3 Å². The van der Waals surface area contributed by atoms with Crippen LogP contribution in [0.1, 0.15) is 97.6 Å². The minimum Gasteiger partial charge on any atom is -0.356 e. The Bertz CT molecular complexity index is 1660. The normalized spacial score (nSPS) is 17.7. The lowest BCUT2D eigenvalue weighted by Crippen LogP contribution is -2.28. The summed E-state index contributed by atoms with van der Waals surface area (Å²) in [7, 11) is -4.02. The Morgan fingerprint density at radius 3 is 2.33 bits per heavy atom. The molecule has 0 aromatic heterocycles. The standard InChI is InChI=1S/C40H55N3O4S/c1-31(2)19-17-27-41-38(44)26-11-8-16-28-42-34-22-14-12-20-32(34)39(3,4)36(42)24-9-7-10-25-37-40(5,6)33-21-13-15-23-35(33)43(37)29-18-30-48(45,46)47/h7,9-10,12-15,20-25,31H,8,11,16-19,26-30H2,1-6H3,(H-,41,44,45,46,47)/p+1. The first-order chi connectivity index (χ1) is 22.7. The summed E-state index contributed by atoms with van der Waals surface area (Å²) in [4.78, 5) is 14.7. The fraction of sp³-hybridized carbons (Fsp3) is 0.500. The molecule has 0 fully saturated rings. The van der Waals surface area contributed by atoms with Crippen molar-refractivity contribution < 1.29 is 22.3 Å². The highest BCUT2D eigenvalue weighted by Gasteiger charge is 2.44. The number of fused-ring (bicyclic) bond motifs is 2. The second-order valence-electron chi connectivity index (χ2n) is 14.6. The summed E-state index contributed by atoms with van der Waals surface area (Å²) in [5, 5.41) is 3.07. The zero-order valence-corrected chi connectivity index (χ0v) is 30.7. The number of anilines is 1. The maximum Gasteiger partial charge on any atom is 0.265 e. The van der Waals surface area contributed by atoms with Crippen molar-refractivity contribution in [1.29, 1.82) is 0 Å². The lowest BCUT2D eigenvalue weighted by molar-refractivity contribution is -0.437. The lowest BCUT2D eigenvalue weighted by atomic mass is 9.81. The second-order valence-corrected chi connectivity index (χ2v) is 16.2. The predicted octanol–water partition coefficient (Wildman–Crippen LogP) is 8.25. The van der Waals surface area contributed by atoms with Gasteiger partial charge in [0.15, 0.2) is 5.71 Å². The van der Waals surface area contributed by atoms with Gasteiger partial charge in [-0.3, -0.25) is 9.35 Å². The highest BCUT2D eigenvalue weighted by Crippen LogP contribution is 2.47. The third-order valence-electron chi connectivity index (χ3n) is 9.68. The number of hydrogen-bond donors (Lipinski definition) is 2. The van der Waals surface area contributed by atoms with Crippen molar-refractivity contribution in [3.05, 3.63) is 95.7 Å². The van der Waals surface area contributed by atoms with E-state index in [9.17, 15) is 17.8 Å². The van der Waals surface area contributed by atoms with E-state index in [1.165, 1.54) is 22.5 Å². The van der Waals surface area contributed by atoms with Crippen LogP contribution in [0, 0.1) is 5.92 Å². The number of unbranched alkanes of at least 4 members (excludes halogenated alkanes) is 2. The van der Waals surface area contributed by atoms with E-state index in [2.05, 4.69) is 123 Å². The molecule has 2 aromatic carbocycles. The molecule has 7 nitrogen and oxygen atoms in total. The molecule has 8 heteroatoms. The quantitative estimate of drug-likeness (QED) is 0.0764. The molecule has 0 saturated heterocycles. The summed E-state index contributed by atoms with van der Waals surface area (Å²) >= 11 is 0. The largest absolute Gasteiger partial charge is 0.356 e. The van der Waals surface area contributed by atoms with Crippen LogP contribution in [0.4, 0.5) is 11.4 Å². The smallest absolute Gasteiger partial charge is 0.265 e. The lowest BCUT2D eigenvalue weighted by Gasteiger charge is -2.27. The van der Waals surface area contributed by atoms with Gasteiger partial charge in [0.05, 0.1) is 11.2 Å². The van der Waals surface area contributed by atoms with Gasteiger partial charge in [-0.1, -0.05) is 88.7 Å². The molecule has 4 rings (SSSR count). The number of amides is 1. The van der Waals surface area contributed by atoms with Gasteiger partial charge in [0.2, 0.25) is 11.6 Å². The van der Waals surface area contributed by atoms with Gasteiger partial charge >= 0.3 is 0 Å². The highest BCUT2D eigenvalue weighted by molar-refractivity contribution is 7.85. The molecule has 48 heavy (non-hydrogen) atoms. The Morgan fingerprint density at radius 2 is 1.60 bits per heavy atom. The van der Waals surface area contributed by atoms with Crippen LogP contribution in [0.3, 0.4) is 0 Å².